The molecule has 1 aliphatic rings. The van der Waals surface area contributed by atoms with E-state index in [0.29, 0.717) is 0 Å². The molecule has 39 heavy (non-hydrogen) atoms. The fraction of sp³-hybridized carbons (Fsp3) is 0.0811. The van der Waals surface area contributed by atoms with Crippen molar-refractivity contribution < 1.29 is 4.42 Å². The van der Waals surface area contributed by atoms with Crippen LogP contribution in [0.4, 0.5) is 0 Å². The maximum Gasteiger partial charge on any atom is 0.143 e. The number of hydrogen-bond acceptors (Lipinski definition) is 2. The van der Waals surface area contributed by atoms with Crippen molar-refractivity contribution >= 4 is 64.2 Å². The summed E-state index contributed by atoms with van der Waals surface area (Å²) in [5.74, 6) is 0. The molecule has 0 unspecified atom stereocenters. The van der Waals surface area contributed by atoms with Crippen LogP contribution >= 0.6 is 11.3 Å². The first-order chi connectivity index (χ1) is 19.1. The van der Waals surface area contributed by atoms with Crippen molar-refractivity contribution in [3.8, 4) is 22.3 Å². The van der Waals surface area contributed by atoms with E-state index in [4.69, 9.17) is 4.42 Å². The van der Waals surface area contributed by atoms with Crippen molar-refractivity contribution in [2.45, 2.75) is 19.3 Å². The van der Waals surface area contributed by atoms with Crippen LogP contribution in [0.15, 0.2) is 114 Å². The molecule has 0 N–H and O–H groups in total. The van der Waals surface area contributed by atoms with Crippen LogP contribution in [0.5, 0.6) is 0 Å². The van der Waals surface area contributed by atoms with E-state index in [1.54, 1.807) is 0 Å². The highest BCUT2D eigenvalue weighted by atomic mass is 32.1. The van der Waals surface area contributed by atoms with Crippen LogP contribution in [0.1, 0.15) is 25.0 Å². The summed E-state index contributed by atoms with van der Waals surface area (Å²) >= 11 is 1.86. The van der Waals surface area contributed by atoms with Crippen molar-refractivity contribution in [1.82, 2.24) is 0 Å². The zero-order valence-electron chi connectivity index (χ0n) is 21.7. The Balaban J connectivity index is 1.24. The molecule has 0 radical (unpaired) electrons. The second-order valence-electron chi connectivity index (χ2n) is 11.3. The Morgan fingerprint density at radius 3 is 2.21 bits per heavy atom. The molecule has 0 saturated heterocycles. The van der Waals surface area contributed by atoms with Gasteiger partial charge in [-0.2, -0.15) is 0 Å². The van der Waals surface area contributed by atoms with E-state index in [1.165, 1.54) is 75.1 Å². The van der Waals surface area contributed by atoms with Gasteiger partial charge >= 0.3 is 0 Å². The minimum Gasteiger partial charge on any atom is -0.455 e. The van der Waals surface area contributed by atoms with Gasteiger partial charge in [-0.05, 0) is 81.2 Å². The molecule has 1 nitrogen and oxygen atoms in total. The van der Waals surface area contributed by atoms with E-state index < -0.39 is 0 Å². The first-order valence-electron chi connectivity index (χ1n) is 13.5. The normalized spacial score (nSPS) is 14.1. The van der Waals surface area contributed by atoms with Gasteiger partial charge in [-0.25, -0.2) is 0 Å². The van der Waals surface area contributed by atoms with Gasteiger partial charge in [-0.1, -0.05) is 80.6 Å². The molecule has 0 saturated carbocycles. The quantitative estimate of drug-likeness (QED) is 0.211. The summed E-state index contributed by atoms with van der Waals surface area (Å²) in [5.41, 5.74) is 9.90. The number of furan rings is 1. The molecule has 9 rings (SSSR count). The number of fused-ring (bicyclic) bond motifs is 12. The molecule has 0 spiro atoms. The molecular formula is C37H24OS. The van der Waals surface area contributed by atoms with Gasteiger partial charge in [0.15, 0.2) is 0 Å². The lowest BCUT2D eigenvalue weighted by molar-refractivity contribution is 0.660. The average molecular weight is 517 g/mol. The molecular weight excluding hydrogens is 492 g/mol. The van der Waals surface area contributed by atoms with Gasteiger partial charge in [0.05, 0.1) is 0 Å². The summed E-state index contributed by atoms with van der Waals surface area (Å²) in [4.78, 5) is 0. The van der Waals surface area contributed by atoms with Crippen molar-refractivity contribution in [3.05, 3.63) is 120 Å². The van der Waals surface area contributed by atoms with Crippen LogP contribution in [0.25, 0.3) is 75.1 Å². The molecule has 8 aromatic rings. The highest BCUT2D eigenvalue weighted by molar-refractivity contribution is 7.26. The highest BCUT2D eigenvalue weighted by Crippen LogP contribution is 2.50. The van der Waals surface area contributed by atoms with Crippen molar-refractivity contribution in [3.63, 3.8) is 0 Å². The maximum absolute atomic E-state index is 6.55. The van der Waals surface area contributed by atoms with Crippen LogP contribution in [0.2, 0.25) is 0 Å². The monoisotopic (exact) mass is 516 g/mol. The zero-order chi connectivity index (χ0) is 25.9. The zero-order valence-corrected chi connectivity index (χ0v) is 22.5. The highest BCUT2D eigenvalue weighted by Gasteiger charge is 2.35. The lowest BCUT2D eigenvalue weighted by atomic mass is 9.81. The van der Waals surface area contributed by atoms with E-state index in [0.717, 1.165) is 11.2 Å². The van der Waals surface area contributed by atoms with Crippen LogP contribution in [0.3, 0.4) is 0 Å². The molecule has 0 aliphatic heterocycles. The van der Waals surface area contributed by atoms with Gasteiger partial charge in [0.1, 0.15) is 11.2 Å². The van der Waals surface area contributed by atoms with Crippen molar-refractivity contribution in [2.75, 3.05) is 0 Å². The van der Waals surface area contributed by atoms with Crippen molar-refractivity contribution in [2.24, 2.45) is 0 Å². The SMILES string of the molecule is CC1(C)c2ccccc2-c2ccc(-c3ccc4oc5c(ccc6c5ccc5sc7ccccc7c56)c4c3)cc21. The van der Waals surface area contributed by atoms with Gasteiger partial charge < -0.3 is 4.42 Å². The predicted molar refractivity (Wildman–Crippen MR) is 167 cm³/mol. The second kappa shape index (κ2) is 7.37. The largest absolute Gasteiger partial charge is 0.455 e. The molecule has 2 heterocycles. The molecule has 0 amide bonds. The Labute approximate surface area is 229 Å². The number of rotatable bonds is 1. The Kier molecular flexibility index (Phi) is 4.07. The summed E-state index contributed by atoms with van der Waals surface area (Å²) in [6.45, 7) is 4.68. The number of benzene rings is 6. The molecule has 0 atom stereocenters. The summed E-state index contributed by atoms with van der Waals surface area (Å²) in [6.07, 6.45) is 0. The summed E-state index contributed by atoms with van der Waals surface area (Å²) < 4.78 is 9.20. The molecule has 0 fully saturated rings. The summed E-state index contributed by atoms with van der Waals surface area (Å²) in [6, 6.07) is 40.2. The molecule has 1 aliphatic carbocycles. The fourth-order valence-electron chi connectivity index (χ4n) is 6.93. The third-order valence-electron chi connectivity index (χ3n) is 8.89. The molecule has 0 bridgehead atoms. The van der Waals surface area contributed by atoms with Crippen LogP contribution < -0.4 is 0 Å². The number of hydrogen-bond donors (Lipinski definition) is 0. The standard InChI is InChI=1S/C37H24OS/c1-37(2)30-9-5-3-7-23(30)24-13-11-22(20-31(24)37)21-12-17-32-29(19-21)27-15-14-25-26(36(27)38-32)16-18-34-35(25)28-8-4-6-10-33(28)39-34/h3-20H,1-2H3. The summed E-state index contributed by atoms with van der Waals surface area (Å²) in [7, 11) is 0. The van der Waals surface area contributed by atoms with Crippen molar-refractivity contribution in [1.29, 1.82) is 0 Å². The smallest absolute Gasteiger partial charge is 0.143 e. The minimum absolute atomic E-state index is 0.00947. The van der Waals surface area contributed by atoms with E-state index >= 15 is 0 Å². The maximum atomic E-state index is 6.55. The van der Waals surface area contributed by atoms with Gasteiger partial charge in [0, 0.05) is 41.7 Å². The predicted octanol–water partition coefficient (Wildman–Crippen LogP) is 11.1. The summed E-state index contributed by atoms with van der Waals surface area (Å²) in [5, 5.41) is 7.44. The third kappa shape index (κ3) is 2.79. The lowest BCUT2D eigenvalue weighted by Crippen LogP contribution is -2.14. The molecule has 6 aromatic carbocycles. The van der Waals surface area contributed by atoms with Gasteiger partial charge in [0.25, 0.3) is 0 Å². The van der Waals surface area contributed by atoms with Crippen LogP contribution in [-0.2, 0) is 5.41 Å². The first kappa shape index (κ1) is 21.5. The lowest BCUT2D eigenvalue weighted by Gasteiger charge is -2.22. The topological polar surface area (TPSA) is 13.1 Å². The second-order valence-corrected chi connectivity index (χ2v) is 12.4. The Hall–Kier alpha value is -4.40. The number of thiophene rings is 1. The first-order valence-corrected chi connectivity index (χ1v) is 14.3. The van der Waals surface area contributed by atoms with E-state index in [1.807, 2.05) is 11.3 Å². The van der Waals surface area contributed by atoms with Gasteiger partial charge in [-0.3, -0.25) is 0 Å². The average Bonchev–Trinajstić information content (AvgIpc) is 3.61. The minimum atomic E-state index is -0.00947. The van der Waals surface area contributed by atoms with E-state index in [9.17, 15) is 0 Å². The Morgan fingerprint density at radius 2 is 1.26 bits per heavy atom. The third-order valence-corrected chi connectivity index (χ3v) is 10.0. The van der Waals surface area contributed by atoms with Crippen LogP contribution in [0, 0.1) is 0 Å². The molecule has 2 heteroatoms. The fourth-order valence-corrected chi connectivity index (χ4v) is 8.05. The van der Waals surface area contributed by atoms with E-state index in [-0.39, 0.29) is 5.41 Å². The molecule has 184 valence electrons. The van der Waals surface area contributed by atoms with Gasteiger partial charge in [-0.15, -0.1) is 11.3 Å². The van der Waals surface area contributed by atoms with Crippen LogP contribution in [-0.4, -0.2) is 0 Å². The molecule has 2 aromatic heterocycles. The Morgan fingerprint density at radius 1 is 0.538 bits per heavy atom. The van der Waals surface area contributed by atoms with Gasteiger partial charge in [0.2, 0.25) is 0 Å². The Bertz CT molecular complexity index is 2310. The van der Waals surface area contributed by atoms with E-state index in [2.05, 4.69) is 123 Å².